The summed E-state index contributed by atoms with van der Waals surface area (Å²) in [5.41, 5.74) is 0. The van der Waals surface area contributed by atoms with Gasteiger partial charge in [-0.05, 0) is 6.42 Å². The fourth-order valence-electron chi connectivity index (χ4n) is 3.85. The van der Waals surface area contributed by atoms with E-state index in [2.05, 4.69) is 6.92 Å². The lowest BCUT2D eigenvalue weighted by molar-refractivity contribution is -0.697. The highest BCUT2D eigenvalue weighted by Gasteiger charge is 2.16. The molecule has 0 aliphatic heterocycles. The van der Waals surface area contributed by atoms with Gasteiger partial charge in [-0.1, -0.05) is 96.5 Å². The van der Waals surface area contributed by atoms with E-state index >= 15 is 0 Å². The van der Waals surface area contributed by atoms with Crippen LogP contribution < -0.4 is 9.46 Å². The summed E-state index contributed by atoms with van der Waals surface area (Å²) in [5, 5.41) is 0. The molecule has 0 amide bonds. The van der Waals surface area contributed by atoms with Crippen LogP contribution in [0.5, 0.6) is 0 Å². The number of ether oxygens (including phenoxy) is 2. The molecule has 0 aliphatic carbocycles. The molecule has 0 saturated carbocycles. The summed E-state index contributed by atoms with van der Waals surface area (Å²) in [5.74, 6) is 0. The Morgan fingerprint density at radius 1 is 0.743 bits per heavy atom. The van der Waals surface area contributed by atoms with E-state index in [1.165, 1.54) is 84.2 Å². The highest BCUT2D eigenvalue weighted by molar-refractivity contribution is 7.45. The second kappa shape index (κ2) is 22.4. The van der Waals surface area contributed by atoms with Gasteiger partial charge in [0, 0.05) is 25.8 Å². The van der Waals surface area contributed by atoms with Crippen LogP contribution in [0.3, 0.4) is 0 Å². The van der Waals surface area contributed by atoms with Crippen LogP contribution in [0.1, 0.15) is 96.8 Å². The molecule has 1 rings (SSSR count). The largest absolute Gasteiger partial charge is 0.756 e. The first-order valence-electron chi connectivity index (χ1n) is 13.7. The van der Waals surface area contributed by atoms with Gasteiger partial charge in [0.15, 0.2) is 18.9 Å². The minimum absolute atomic E-state index is 0.0166. The predicted molar refractivity (Wildman–Crippen MR) is 138 cm³/mol. The van der Waals surface area contributed by atoms with Gasteiger partial charge in [0.25, 0.3) is 7.82 Å². The maximum absolute atomic E-state index is 11.9. The lowest BCUT2D eigenvalue weighted by atomic mass is 10.0. The Bertz CT molecular complexity index is 633. The van der Waals surface area contributed by atoms with Gasteiger partial charge in [-0.3, -0.25) is 4.57 Å². The average Bonchev–Trinajstić information content (AvgIpc) is 2.86. The number of hydrogen-bond donors (Lipinski definition) is 0. The van der Waals surface area contributed by atoms with Crippen molar-refractivity contribution in [1.29, 1.82) is 0 Å². The lowest BCUT2D eigenvalue weighted by Gasteiger charge is -2.24. The molecule has 35 heavy (non-hydrogen) atoms. The highest BCUT2D eigenvalue weighted by Crippen LogP contribution is 2.38. The van der Waals surface area contributed by atoms with Crippen molar-refractivity contribution in [1.82, 2.24) is 0 Å². The number of phosphoric ester groups is 1. The number of aromatic nitrogens is 1. The van der Waals surface area contributed by atoms with E-state index in [-0.39, 0.29) is 13.2 Å². The number of phosphoric acid groups is 1. The average molecular weight is 516 g/mol. The van der Waals surface area contributed by atoms with E-state index in [1.807, 2.05) is 35.2 Å². The Balaban J connectivity index is 1.92. The summed E-state index contributed by atoms with van der Waals surface area (Å²) < 4.78 is 34.6. The van der Waals surface area contributed by atoms with Gasteiger partial charge in [0.1, 0.15) is 12.7 Å². The van der Waals surface area contributed by atoms with E-state index in [0.717, 1.165) is 12.8 Å². The zero-order valence-corrected chi connectivity index (χ0v) is 23.1. The molecule has 1 heterocycles. The number of methoxy groups -OCH3 is 1. The van der Waals surface area contributed by atoms with Crippen LogP contribution in [-0.4, -0.2) is 39.6 Å². The molecule has 7 nitrogen and oxygen atoms in total. The first-order chi connectivity index (χ1) is 17.1. The zero-order valence-electron chi connectivity index (χ0n) is 22.2. The Morgan fingerprint density at radius 3 is 1.83 bits per heavy atom. The van der Waals surface area contributed by atoms with E-state index in [4.69, 9.17) is 18.5 Å². The Labute approximate surface area is 214 Å². The minimum Gasteiger partial charge on any atom is -0.756 e. The SMILES string of the molecule is CCCCCCCCCCCCCCCCOCC(COP(=O)([O-])OCC[n+]1ccccc1)OC. The monoisotopic (exact) mass is 515 g/mol. The van der Waals surface area contributed by atoms with Crippen LogP contribution in [0.4, 0.5) is 0 Å². The maximum atomic E-state index is 11.9. The molecule has 1 aromatic rings. The van der Waals surface area contributed by atoms with Crippen LogP contribution in [0, 0.1) is 0 Å². The predicted octanol–water partition coefficient (Wildman–Crippen LogP) is 5.99. The molecule has 0 saturated heterocycles. The summed E-state index contributed by atoms with van der Waals surface area (Å²) in [6.07, 6.45) is 21.8. The highest BCUT2D eigenvalue weighted by atomic mass is 31.2. The van der Waals surface area contributed by atoms with E-state index < -0.39 is 13.9 Å². The smallest absolute Gasteiger partial charge is 0.268 e. The zero-order chi connectivity index (χ0) is 25.5. The standard InChI is InChI=1S/C27H50NO6P/c1-3-4-5-6-7-8-9-10-11-12-13-14-15-19-23-32-25-27(31-2)26-34-35(29,30)33-24-22-28-20-17-16-18-21-28/h16-18,20-21,27H,3-15,19,22-26H2,1-2H3. The van der Waals surface area contributed by atoms with Gasteiger partial charge in [-0.2, -0.15) is 0 Å². The lowest BCUT2D eigenvalue weighted by Crippen LogP contribution is -2.35. The normalized spacial score (nSPS) is 14.1. The van der Waals surface area contributed by atoms with E-state index in [1.54, 1.807) is 0 Å². The molecule has 0 aliphatic rings. The molecular formula is C27H50NO6P. The molecule has 0 fully saturated rings. The van der Waals surface area contributed by atoms with Gasteiger partial charge in [0.05, 0.1) is 13.2 Å². The molecule has 0 bridgehead atoms. The first kappa shape index (κ1) is 32.2. The Morgan fingerprint density at radius 2 is 1.29 bits per heavy atom. The second-order valence-electron chi connectivity index (χ2n) is 9.22. The quantitative estimate of drug-likeness (QED) is 0.0904. The first-order valence-corrected chi connectivity index (χ1v) is 15.2. The minimum atomic E-state index is -4.37. The van der Waals surface area contributed by atoms with Crippen molar-refractivity contribution in [3.05, 3.63) is 30.6 Å². The van der Waals surface area contributed by atoms with E-state index in [9.17, 15) is 9.46 Å². The molecule has 0 radical (unpaired) electrons. The molecule has 2 atom stereocenters. The van der Waals surface area contributed by atoms with Gasteiger partial charge in [-0.25, -0.2) is 4.57 Å². The topological polar surface area (TPSA) is 80.9 Å². The Kier molecular flexibility index (Phi) is 20.6. The summed E-state index contributed by atoms with van der Waals surface area (Å²) >= 11 is 0. The van der Waals surface area contributed by atoms with Gasteiger partial charge < -0.3 is 23.4 Å². The van der Waals surface area contributed by atoms with Crippen molar-refractivity contribution in [3.63, 3.8) is 0 Å². The molecule has 204 valence electrons. The van der Waals surface area contributed by atoms with E-state index in [0.29, 0.717) is 19.8 Å². The molecule has 0 N–H and O–H groups in total. The van der Waals surface area contributed by atoms with Crippen LogP contribution >= 0.6 is 7.82 Å². The van der Waals surface area contributed by atoms with Gasteiger partial charge >= 0.3 is 0 Å². The second-order valence-corrected chi connectivity index (χ2v) is 10.6. The Hall–Kier alpha value is -0.820. The summed E-state index contributed by atoms with van der Waals surface area (Å²) in [4.78, 5) is 11.9. The molecule has 8 heteroatoms. The number of nitrogens with zero attached hydrogens (tertiary/aromatic N) is 1. The third kappa shape index (κ3) is 20.0. The van der Waals surface area contributed by atoms with Crippen LogP contribution in [0.25, 0.3) is 0 Å². The number of hydrogen-bond acceptors (Lipinski definition) is 6. The van der Waals surface area contributed by atoms with Crippen molar-refractivity contribution in [2.75, 3.05) is 33.5 Å². The molecule has 1 aromatic heterocycles. The van der Waals surface area contributed by atoms with Crippen molar-refractivity contribution in [3.8, 4) is 0 Å². The molecule has 0 spiro atoms. The number of unbranched alkanes of at least 4 members (excludes halogenated alkanes) is 13. The molecule has 0 aromatic carbocycles. The van der Waals surface area contributed by atoms with Crippen molar-refractivity contribution < 1.29 is 32.5 Å². The van der Waals surface area contributed by atoms with Crippen molar-refractivity contribution in [2.45, 2.75) is 109 Å². The summed E-state index contributed by atoms with van der Waals surface area (Å²) in [6.45, 7) is 3.54. The fraction of sp³-hybridized carbons (Fsp3) is 0.815. The number of pyridine rings is 1. The maximum Gasteiger partial charge on any atom is 0.268 e. The van der Waals surface area contributed by atoms with Crippen LogP contribution in [-0.2, 0) is 29.6 Å². The van der Waals surface area contributed by atoms with Gasteiger partial charge in [0.2, 0.25) is 0 Å². The number of rotatable bonds is 25. The third-order valence-corrected chi connectivity index (χ3v) is 7.04. The molecule has 2 unspecified atom stereocenters. The summed E-state index contributed by atoms with van der Waals surface area (Å²) in [6, 6.07) is 5.63. The van der Waals surface area contributed by atoms with Crippen molar-refractivity contribution in [2.24, 2.45) is 0 Å². The molecular weight excluding hydrogens is 465 g/mol. The fourth-order valence-corrected chi connectivity index (χ4v) is 4.58. The van der Waals surface area contributed by atoms with Crippen LogP contribution in [0.15, 0.2) is 30.6 Å². The third-order valence-electron chi connectivity index (χ3n) is 6.07. The van der Waals surface area contributed by atoms with Crippen molar-refractivity contribution >= 4 is 7.82 Å². The van der Waals surface area contributed by atoms with Crippen LogP contribution in [0.2, 0.25) is 0 Å². The van der Waals surface area contributed by atoms with Gasteiger partial charge in [-0.15, -0.1) is 0 Å². The summed E-state index contributed by atoms with van der Waals surface area (Å²) in [7, 11) is -2.85.